The Labute approximate surface area is 186 Å². The van der Waals surface area contributed by atoms with E-state index in [0.29, 0.717) is 4.90 Å². The fourth-order valence-electron chi connectivity index (χ4n) is 4.48. The highest BCUT2D eigenvalue weighted by atomic mass is 32.2. The SMILES string of the molecule is Cc1ccc(S(=O)N2C=CNC(=O)[C@H]2CC(=O)N[C@H]2CCN(C3CC3)CC2(C)C)cc1. The topological polar surface area (TPSA) is 81.8 Å². The Balaban J connectivity index is 1.41. The van der Waals surface area contributed by atoms with Crippen LogP contribution in [0.1, 0.15) is 45.1 Å². The molecule has 2 amide bonds. The number of nitrogens with one attached hydrogen (secondary N) is 2. The molecule has 0 bridgehead atoms. The molecule has 168 valence electrons. The Bertz CT molecular complexity index is 895. The second-order valence-electron chi connectivity index (χ2n) is 9.57. The monoisotopic (exact) mass is 444 g/mol. The quantitative estimate of drug-likeness (QED) is 0.704. The number of likely N-dealkylation sites (tertiary alicyclic amines) is 1. The third-order valence-corrected chi connectivity index (χ3v) is 7.94. The lowest BCUT2D eigenvalue weighted by Gasteiger charge is -2.45. The van der Waals surface area contributed by atoms with Gasteiger partial charge in [0.1, 0.15) is 6.04 Å². The van der Waals surface area contributed by atoms with Gasteiger partial charge in [-0.1, -0.05) is 31.5 Å². The van der Waals surface area contributed by atoms with Crippen molar-refractivity contribution in [1.29, 1.82) is 0 Å². The van der Waals surface area contributed by atoms with Gasteiger partial charge in [-0.05, 0) is 43.7 Å². The zero-order valence-corrected chi connectivity index (χ0v) is 19.3. The summed E-state index contributed by atoms with van der Waals surface area (Å²) in [5.74, 6) is -0.500. The van der Waals surface area contributed by atoms with Crippen molar-refractivity contribution in [2.45, 2.75) is 69.5 Å². The number of aryl methyl sites for hydroxylation is 1. The molecule has 1 aromatic rings. The molecule has 8 heteroatoms. The van der Waals surface area contributed by atoms with Crippen molar-refractivity contribution in [2.24, 2.45) is 5.41 Å². The van der Waals surface area contributed by atoms with E-state index in [4.69, 9.17) is 0 Å². The minimum Gasteiger partial charge on any atom is -0.353 e. The lowest BCUT2D eigenvalue weighted by Crippen LogP contribution is -2.57. The van der Waals surface area contributed by atoms with Gasteiger partial charge in [0.05, 0.1) is 11.3 Å². The summed E-state index contributed by atoms with van der Waals surface area (Å²) < 4.78 is 14.6. The molecule has 1 aromatic carbocycles. The van der Waals surface area contributed by atoms with E-state index in [-0.39, 0.29) is 29.7 Å². The molecule has 0 radical (unpaired) electrons. The average molecular weight is 445 g/mol. The first-order valence-corrected chi connectivity index (χ1v) is 12.1. The number of nitrogens with zero attached hydrogens (tertiary/aromatic N) is 2. The average Bonchev–Trinajstić information content (AvgIpc) is 3.56. The molecule has 2 heterocycles. The van der Waals surface area contributed by atoms with Gasteiger partial charge in [-0.15, -0.1) is 0 Å². The molecule has 31 heavy (non-hydrogen) atoms. The maximum atomic E-state index is 13.1. The van der Waals surface area contributed by atoms with E-state index in [1.165, 1.54) is 23.3 Å². The second kappa shape index (κ2) is 8.74. The van der Waals surface area contributed by atoms with Crippen molar-refractivity contribution < 1.29 is 13.8 Å². The number of amides is 2. The van der Waals surface area contributed by atoms with E-state index in [1.54, 1.807) is 18.3 Å². The molecule has 3 aliphatic rings. The minimum atomic E-state index is -1.57. The highest BCUT2D eigenvalue weighted by molar-refractivity contribution is 7.82. The fraction of sp³-hybridized carbons (Fsp3) is 0.565. The summed E-state index contributed by atoms with van der Waals surface area (Å²) in [6.07, 6.45) is 6.50. The van der Waals surface area contributed by atoms with Crippen LogP contribution in [-0.4, -0.2) is 56.4 Å². The number of piperidine rings is 1. The zero-order chi connectivity index (χ0) is 22.2. The van der Waals surface area contributed by atoms with Crippen LogP contribution in [0.2, 0.25) is 0 Å². The molecule has 2 aliphatic heterocycles. The molecule has 1 aliphatic carbocycles. The Hall–Kier alpha value is -2.19. The largest absolute Gasteiger partial charge is 0.353 e. The Morgan fingerprint density at radius 1 is 1.23 bits per heavy atom. The lowest BCUT2D eigenvalue weighted by atomic mass is 9.79. The smallest absolute Gasteiger partial charge is 0.248 e. The third-order valence-electron chi connectivity index (χ3n) is 6.51. The maximum absolute atomic E-state index is 13.1. The molecular formula is C23H32N4O3S. The number of carbonyl (C=O) groups excluding carboxylic acids is 2. The lowest BCUT2D eigenvalue weighted by molar-refractivity contribution is -0.130. The van der Waals surface area contributed by atoms with Crippen LogP contribution in [0.4, 0.5) is 0 Å². The fourth-order valence-corrected chi connectivity index (χ4v) is 5.67. The normalized spacial score (nSPS) is 26.9. The van der Waals surface area contributed by atoms with Gasteiger partial charge in [0.2, 0.25) is 11.8 Å². The van der Waals surface area contributed by atoms with Crippen LogP contribution in [0, 0.1) is 12.3 Å². The molecule has 2 fully saturated rings. The summed E-state index contributed by atoms with van der Waals surface area (Å²) in [6.45, 7) is 8.32. The maximum Gasteiger partial charge on any atom is 0.248 e. The Morgan fingerprint density at radius 3 is 2.58 bits per heavy atom. The van der Waals surface area contributed by atoms with E-state index in [1.807, 2.05) is 19.1 Å². The van der Waals surface area contributed by atoms with Gasteiger partial charge in [0, 0.05) is 37.6 Å². The number of carbonyl (C=O) groups is 2. The summed E-state index contributed by atoms with van der Waals surface area (Å²) in [7, 11) is -1.57. The van der Waals surface area contributed by atoms with Crippen LogP contribution in [0.25, 0.3) is 0 Å². The van der Waals surface area contributed by atoms with Crippen molar-refractivity contribution in [3.05, 3.63) is 42.2 Å². The second-order valence-corrected chi connectivity index (χ2v) is 11.0. The van der Waals surface area contributed by atoms with Gasteiger partial charge >= 0.3 is 0 Å². The van der Waals surface area contributed by atoms with Crippen molar-refractivity contribution >= 4 is 22.8 Å². The number of rotatable bonds is 6. The van der Waals surface area contributed by atoms with Crippen LogP contribution in [-0.2, 0) is 20.6 Å². The van der Waals surface area contributed by atoms with E-state index in [0.717, 1.165) is 31.1 Å². The van der Waals surface area contributed by atoms with Crippen LogP contribution in [0.5, 0.6) is 0 Å². The standard InChI is InChI=1S/C23H32N4O3S/c1-16-4-8-18(9-5-16)31(30)27-13-11-24-22(29)19(27)14-21(28)25-20-10-12-26(17-6-7-17)15-23(20,2)3/h4-5,8-9,11,13,17,19-20H,6-7,10,12,14-15H2,1-3H3,(H,24,29)(H,25,28)/t19-,20+,31?/m1/s1. The number of hydrogen-bond acceptors (Lipinski definition) is 4. The van der Waals surface area contributed by atoms with Crippen LogP contribution < -0.4 is 10.6 Å². The molecule has 4 rings (SSSR count). The summed E-state index contributed by atoms with van der Waals surface area (Å²) in [5, 5.41) is 5.81. The highest BCUT2D eigenvalue weighted by Crippen LogP contribution is 2.36. The minimum absolute atomic E-state index is 0.0321. The molecule has 1 unspecified atom stereocenters. The Kier molecular flexibility index (Phi) is 6.21. The number of hydrogen-bond donors (Lipinski definition) is 2. The van der Waals surface area contributed by atoms with Crippen molar-refractivity contribution in [3.63, 3.8) is 0 Å². The van der Waals surface area contributed by atoms with Crippen molar-refractivity contribution in [1.82, 2.24) is 19.8 Å². The van der Waals surface area contributed by atoms with E-state index in [2.05, 4.69) is 29.4 Å². The van der Waals surface area contributed by atoms with E-state index >= 15 is 0 Å². The molecule has 0 aromatic heterocycles. The highest BCUT2D eigenvalue weighted by Gasteiger charge is 2.42. The van der Waals surface area contributed by atoms with E-state index in [9.17, 15) is 13.8 Å². The summed E-state index contributed by atoms with van der Waals surface area (Å²) in [5.41, 5.74) is 1.04. The molecule has 7 nitrogen and oxygen atoms in total. The predicted molar refractivity (Wildman–Crippen MR) is 120 cm³/mol. The first-order chi connectivity index (χ1) is 14.7. The van der Waals surface area contributed by atoms with Gasteiger partial charge in [-0.3, -0.25) is 18.8 Å². The van der Waals surface area contributed by atoms with Gasteiger partial charge in [-0.2, -0.15) is 0 Å². The van der Waals surface area contributed by atoms with Crippen LogP contribution >= 0.6 is 0 Å². The number of benzene rings is 1. The molecule has 0 spiro atoms. The van der Waals surface area contributed by atoms with Crippen LogP contribution in [0.15, 0.2) is 41.6 Å². The third kappa shape index (κ3) is 5.01. The Morgan fingerprint density at radius 2 is 1.94 bits per heavy atom. The zero-order valence-electron chi connectivity index (χ0n) is 18.5. The van der Waals surface area contributed by atoms with Crippen molar-refractivity contribution in [2.75, 3.05) is 13.1 Å². The molecule has 1 saturated heterocycles. The first-order valence-electron chi connectivity index (χ1n) is 11.0. The summed E-state index contributed by atoms with van der Waals surface area (Å²) >= 11 is 0. The molecule has 3 atom stereocenters. The van der Waals surface area contributed by atoms with Gasteiger partial charge in [0.25, 0.3) is 0 Å². The summed E-state index contributed by atoms with van der Waals surface area (Å²) in [6, 6.07) is 7.32. The van der Waals surface area contributed by atoms with Gasteiger partial charge in [0.15, 0.2) is 11.0 Å². The summed E-state index contributed by atoms with van der Waals surface area (Å²) in [4.78, 5) is 28.6. The molecular weight excluding hydrogens is 412 g/mol. The molecule has 2 N–H and O–H groups in total. The van der Waals surface area contributed by atoms with Gasteiger partial charge < -0.3 is 10.6 Å². The van der Waals surface area contributed by atoms with Crippen LogP contribution in [0.3, 0.4) is 0 Å². The van der Waals surface area contributed by atoms with Crippen molar-refractivity contribution in [3.8, 4) is 0 Å². The first kappa shape index (κ1) is 22.0. The van der Waals surface area contributed by atoms with Gasteiger partial charge in [-0.25, -0.2) is 4.21 Å². The predicted octanol–water partition coefficient (Wildman–Crippen LogP) is 2.06. The van der Waals surface area contributed by atoms with E-state index < -0.39 is 17.0 Å². The molecule has 1 saturated carbocycles.